The second-order valence-electron chi connectivity index (χ2n) is 4.41. The minimum absolute atomic E-state index is 0.222. The number of amides is 1. The van der Waals surface area contributed by atoms with Crippen LogP contribution in [0.15, 0.2) is 42.5 Å². The summed E-state index contributed by atoms with van der Waals surface area (Å²) in [5.74, 6) is 6.32. The second-order valence-corrected chi connectivity index (χ2v) is 4.41. The highest BCUT2D eigenvalue weighted by molar-refractivity contribution is 5.92. The number of carbonyl (C=O) groups is 1. The van der Waals surface area contributed by atoms with Gasteiger partial charge in [-0.1, -0.05) is 18.2 Å². The minimum atomic E-state index is -0.222. The topological polar surface area (TPSA) is 89.3 Å². The lowest BCUT2D eigenvalue weighted by molar-refractivity contribution is 0.0949. The molecule has 1 aromatic carbocycles. The molecule has 0 saturated carbocycles. The number of methoxy groups -OCH3 is 1. The highest BCUT2D eigenvalue weighted by Gasteiger charge is 2.07. The number of hydrogen-bond donors (Lipinski definition) is 3. The normalized spacial score (nSPS) is 10.0. The summed E-state index contributed by atoms with van der Waals surface area (Å²) in [5, 5.41) is 2.83. The summed E-state index contributed by atoms with van der Waals surface area (Å²) >= 11 is 0. The number of nitrogens with two attached hydrogens (primary N) is 1. The number of aromatic nitrogens is 1. The summed E-state index contributed by atoms with van der Waals surface area (Å²) in [6, 6.07) is 12.8. The largest absolute Gasteiger partial charge is 0.497 e. The van der Waals surface area contributed by atoms with Crippen molar-refractivity contribution in [2.75, 3.05) is 19.1 Å². The molecule has 6 nitrogen and oxygen atoms in total. The Labute approximate surface area is 123 Å². The zero-order valence-electron chi connectivity index (χ0n) is 11.8. The monoisotopic (exact) mass is 286 g/mol. The standard InChI is InChI=1S/C15H18N4O2/c1-21-12-7-5-11(6-8-12)9-10-17-15(20)13-3-2-4-14(18-13)19-16/h2-8H,9-10,16H2,1H3,(H,17,20)(H,18,19). The van der Waals surface area contributed by atoms with E-state index in [1.807, 2.05) is 24.3 Å². The van der Waals surface area contributed by atoms with Gasteiger partial charge in [-0.3, -0.25) is 4.79 Å². The van der Waals surface area contributed by atoms with Crippen LogP contribution < -0.4 is 21.3 Å². The molecule has 0 radical (unpaired) electrons. The summed E-state index contributed by atoms with van der Waals surface area (Å²) in [6.07, 6.45) is 0.741. The Kier molecular flexibility index (Phi) is 5.11. The van der Waals surface area contributed by atoms with Gasteiger partial charge in [0, 0.05) is 6.54 Å². The zero-order chi connectivity index (χ0) is 15.1. The molecule has 21 heavy (non-hydrogen) atoms. The van der Waals surface area contributed by atoms with E-state index in [9.17, 15) is 4.79 Å². The molecule has 0 atom stereocenters. The average molecular weight is 286 g/mol. The quantitative estimate of drug-likeness (QED) is 0.551. The molecule has 4 N–H and O–H groups in total. The van der Waals surface area contributed by atoms with Crippen LogP contribution in [0.5, 0.6) is 5.75 Å². The number of nitrogen functional groups attached to an aromatic ring is 1. The minimum Gasteiger partial charge on any atom is -0.497 e. The van der Waals surface area contributed by atoms with E-state index in [0.717, 1.165) is 17.7 Å². The number of carbonyl (C=O) groups excluding carboxylic acids is 1. The van der Waals surface area contributed by atoms with Crippen molar-refractivity contribution in [3.05, 3.63) is 53.7 Å². The van der Waals surface area contributed by atoms with Gasteiger partial charge in [-0.15, -0.1) is 0 Å². The number of rotatable bonds is 6. The van der Waals surface area contributed by atoms with Crippen LogP contribution in [0.4, 0.5) is 5.82 Å². The Morgan fingerprint density at radius 1 is 1.24 bits per heavy atom. The molecule has 0 bridgehead atoms. The molecule has 2 aromatic rings. The summed E-state index contributed by atoms with van der Waals surface area (Å²) in [7, 11) is 1.63. The van der Waals surface area contributed by atoms with Crippen molar-refractivity contribution >= 4 is 11.7 Å². The van der Waals surface area contributed by atoms with Crippen LogP contribution in [0.3, 0.4) is 0 Å². The van der Waals surface area contributed by atoms with Gasteiger partial charge in [-0.2, -0.15) is 0 Å². The first kappa shape index (κ1) is 14.8. The smallest absolute Gasteiger partial charge is 0.269 e. The van der Waals surface area contributed by atoms with Crippen LogP contribution in [0.2, 0.25) is 0 Å². The summed E-state index contributed by atoms with van der Waals surface area (Å²) in [6.45, 7) is 0.535. The average Bonchev–Trinajstić information content (AvgIpc) is 2.55. The maximum Gasteiger partial charge on any atom is 0.269 e. The SMILES string of the molecule is COc1ccc(CCNC(=O)c2cccc(NN)n2)cc1. The third-order valence-corrected chi connectivity index (χ3v) is 2.99. The number of ether oxygens (including phenoxy) is 1. The number of pyridine rings is 1. The fourth-order valence-corrected chi connectivity index (χ4v) is 1.84. The first-order valence-corrected chi connectivity index (χ1v) is 6.57. The molecular weight excluding hydrogens is 268 g/mol. The lowest BCUT2D eigenvalue weighted by Gasteiger charge is -2.07. The van der Waals surface area contributed by atoms with Gasteiger partial charge in [0.15, 0.2) is 0 Å². The number of nitrogens with one attached hydrogen (secondary N) is 2. The van der Waals surface area contributed by atoms with Crippen molar-refractivity contribution in [2.24, 2.45) is 5.84 Å². The molecular formula is C15H18N4O2. The van der Waals surface area contributed by atoms with E-state index < -0.39 is 0 Å². The Hall–Kier alpha value is -2.60. The molecule has 0 aliphatic rings. The molecule has 110 valence electrons. The van der Waals surface area contributed by atoms with Crippen molar-refractivity contribution in [3.63, 3.8) is 0 Å². The Balaban J connectivity index is 1.85. The maximum atomic E-state index is 11.9. The predicted octanol–water partition coefficient (Wildman–Crippen LogP) is 1.35. The zero-order valence-corrected chi connectivity index (χ0v) is 11.8. The number of hydrogen-bond acceptors (Lipinski definition) is 5. The van der Waals surface area contributed by atoms with E-state index in [4.69, 9.17) is 10.6 Å². The Morgan fingerprint density at radius 2 is 2.00 bits per heavy atom. The number of benzene rings is 1. The highest BCUT2D eigenvalue weighted by atomic mass is 16.5. The third-order valence-electron chi connectivity index (χ3n) is 2.99. The van der Waals surface area contributed by atoms with Crippen LogP contribution in [-0.4, -0.2) is 24.5 Å². The molecule has 2 rings (SSSR count). The number of nitrogens with zero attached hydrogens (tertiary/aromatic N) is 1. The molecule has 0 aliphatic heterocycles. The van der Waals surface area contributed by atoms with Crippen molar-refractivity contribution in [2.45, 2.75) is 6.42 Å². The van der Waals surface area contributed by atoms with E-state index in [1.165, 1.54) is 0 Å². The molecule has 6 heteroatoms. The fourth-order valence-electron chi connectivity index (χ4n) is 1.84. The first-order valence-electron chi connectivity index (χ1n) is 6.57. The lowest BCUT2D eigenvalue weighted by Crippen LogP contribution is -2.26. The number of hydrazine groups is 1. The number of anilines is 1. The molecule has 0 fully saturated rings. The van der Waals surface area contributed by atoms with Crippen LogP contribution in [0.1, 0.15) is 16.1 Å². The van der Waals surface area contributed by atoms with Crippen molar-refractivity contribution in [1.82, 2.24) is 10.3 Å². The first-order chi connectivity index (χ1) is 10.2. The molecule has 1 aromatic heterocycles. The van der Waals surface area contributed by atoms with Crippen LogP contribution in [0.25, 0.3) is 0 Å². The molecule has 0 aliphatic carbocycles. The van der Waals surface area contributed by atoms with Gasteiger partial charge in [-0.05, 0) is 36.2 Å². The van der Waals surface area contributed by atoms with Crippen LogP contribution >= 0.6 is 0 Å². The van der Waals surface area contributed by atoms with Gasteiger partial charge >= 0.3 is 0 Å². The van der Waals surface area contributed by atoms with Crippen LogP contribution in [-0.2, 0) is 6.42 Å². The summed E-state index contributed by atoms with van der Waals surface area (Å²) < 4.78 is 5.10. The van der Waals surface area contributed by atoms with E-state index in [-0.39, 0.29) is 5.91 Å². The third kappa shape index (κ3) is 4.19. The molecule has 1 heterocycles. The second kappa shape index (κ2) is 7.25. The lowest BCUT2D eigenvalue weighted by atomic mass is 10.1. The highest BCUT2D eigenvalue weighted by Crippen LogP contribution is 2.11. The van der Waals surface area contributed by atoms with E-state index >= 15 is 0 Å². The Bertz CT molecular complexity index is 599. The summed E-state index contributed by atoms with van der Waals surface area (Å²) in [5.41, 5.74) is 3.87. The van der Waals surface area contributed by atoms with Gasteiger partial charge in [0.2, 0.25) is 0 Å². The van der Waals surface area contributed by atoms with E-state index in [1.54, 1.807) is 25.3 Å². The van der Waals surface area contributed by atoms with Gasteiger partial charge < -0.3 is 15.5 Å². The van der Waals surface area contributed by atoms with Crippen molar-refractivity contribution in [1.29, 1.82) is 0 Å². The van der Waals surface area contributed by atoms with Gasteiger partial charge in [-0.25, -0.2) is 10.8 Å². The van der Waals surface area contributed by atoms with Gasteiger partial charge in [0.25, 0.3) is 5.91 Å². The van der Waals surface area contributed by atoms with E-state index in [2.05, 4.69) is 15.7 Å². The van der Waals surface area contributed by atoms with Crippen molar-refractivity contribution in [3.8, 4) is 5.75 Å². The summed E-state index contributed by atoms with van der Waals surface area (Å²) in [4.78, 5) is 16.0. The van der Waals surface area contributed by atoms with Crippen molar-refractivity contribution < 1.29 is 9.53 Å². The van der Waals surface area contributed by atoms with Gasteiger partial charge in [0.1, 0.15) is 17.3 Å². The molecule has 0 saturated heterocycles. The Morgan fingerprint density at radius 3 is 2.67 bits per heavy atom. The van der Waals surface area contributed by atoms with Crippen LogP contribution in [0, 0.1) is 0 Å². The maximum absolute atomic E-state index is 11.9. The fraction of sp³-hybridized carbons (Fsp3) is 0.200. The molecule has 0 unspecified atom stereocenters. The van der Waals surface area contributed by atoms with Gasteiger partial charge in [0.05, 0.1) is 7.11 Å². The molecule has 0 spiro atoms. The predicted molar refractivity (Wildman–Crippen MR) is 81.1 cm³/mol. The van der Waals surface area contributed by atoms with E-state index in [0.29, 0.717) is 18.1 Å². The molecule has 1 amide bonds.